The van der Waals surface area contributed by atoms with E-state index in [2.05, 4.69) is 4.99 Å². The largest absolute Gasteiger partial charge is 0.235 e. The van der Waals surface area contributed by atoms with E-state index in [0.717, 1.165) is 5.69 Å². The summed E-state index contributed by atoms with van der Waals surface area (Å²) in [5, 5.41) is 0. The van der Waals surface area contributed by atoms with E-state index in [4.69, 9.17) is 0 Å². The number of nitrogens with zero attached hydrogens (tertiary/aromatic N) is 1. The van der Waals surface area contributed by atoms with Crippen LogP contribution in [0.25, 0.3) is 0 Å². The van der Waals surface area contributed by atoms with Crippen LogP contribution >= 0.6 is 23.5 Å². The van der Waals surface area contributed by atoms with Crippen molar-refractivity contribution in [3.63, 3.8) is 0 Å². The van der Waals surface area contributed by atoms with Gasteiger partial charge in [0, 0.05) is 11.5 Å². The first-order valence-corrected chi connectivity index (χ1v) is 5.81. The van der Waals surface area contributed by atoms with Gasteiger partial charge in [-0.25, -0.2) is 4.99 Å². The zero-order chi connectivity index (χ0) is 8.23. The third kappa shape index (κ3) is 2.05. The summed E-state index contributed by atoms with van der Waals surface area (Å²) >= 11 is 3.70. The Labute approximate surface area is 80.7 Å². The Kier molecular flexibility index (Phi) is 2.74. The molecule has 1 aromatic carbocycles. The second-order valence-corrected chi connectivity index (χ2v) is 4.84. The van der Waals surface area contributed by atoms with Gasteiger partial charge in [-0.15, -0.1) is 0 Å². The molecule has 2 rings (SSSR count). The summed E-state index contributed by atoms with van der Waals surface area (Å²) in [6.07, 6.45) is 0. The lowest BCUT2D eigenvalue weighted by Gasteiger charge is -1.93. The predicted molar refractivity (Wildman–Crippen MR) is 58.5 cm³/mol. The van der Waals surface area contributed by atoms with E-state index >= 15 is 0 Å². The molecule has 1 aromatic rings. The van der Waals surface area contributed by atoms with Crippen molar-refractivity contribution in [2.45, 2.75) is 0 Å². The van der Waals surface area contributed by atoms with Crippen molar-refractivity contribution in [2.24, 2.45) is 4.99 Å². The average molecular weight is 195 g/mol. The number of rotatable bonds is 1. The lowest BCUT2D eigenvalue weighted by molar-refractivity contribution is 1.55. The Bertz CT molecular complexity index is 274. The van der Waals surface area contributed by atoms with Crippen molar-refractivity contribution >= 4 is 33.6 Å². The molecule has 0 N–H and O–H groups in total. The van der Waals surface area contributed by atoms with Crippen LogP contribution in [-0.2, 0) is 0 Å². The van der Waals surface area contributed by atoms with Crippen LogP contribution < -0.4 is 0 Å². The molecule has 0 unspecified atom stereocenters. The Morgan fingerprint density at radius 1 is 1.00 bits per heavy atom. The molecule has 1 saturated heterocycles. The minimum Gasteiger partial charge on any atom is -0.235 e. The minimum absolute atomic E-state index is 1.06. The van der Waals surface area contributed by atoms with Gasteiger partial charge in [0.05, 0.1) is 5.69 Å². The highest BCUT2D eigenvalue weighted by atomic mass is 32.2. The van der Waals surface area contributed by atoms with Gasteiger partial charge in [0.1, 0.15) is 4.38 Å². The van der Waals surface area contributed by atoms with Crippen LogP contribution in [0, 0.1) is 0 Å². The van der Waals surface area contributed by atoms with Crippen LogP contribution in [-0.4, -0.2) is 15.9 Å². The summed E-state index contributed by atoms with van der Waals surface area (Å²) < 4.78 is 1.21. The second-order valence-electron chi connectivity index (χ2n) is 2.41. The molecule has 1 heterocycles. The number of para-hydroxylation sites is 1. The van der Waals surface area contributed by atoms with Gasteiger partial charge in [0.25, 0.3) is 0 Å². The SMILES string of the molecule is c1ccc(N=C2SCCS2)cc1. The lowest BCUT2D eigenvalue weighted by atomic mass is 10.3. The van der Waals surface area contributed by atoms with Crippen molar-refractivity contribution < 1.29 is 0 Å². The molecule has 62 valence electrons. The molecule has 0 saturated carbocycles. The molecule has 1 fully saturated rings. The van der Waals surface area contributed by atoms with E-state index < -0.39 is 0 Å². The van der Waals surface area contributed by atoms with Gasteiger partial charge in [-0.3, -0.25) is 0 Å². The molecule has 12 heavy (non-hydrogen) atoms. The molecule has 0 aromatic heterocycles. The maximum atomic E-state index is 4.50. The molecule has 0 spiro atoms. The van der Waals surface area contributed by atoms with E-state index in [1.807, 2.05) is 53.9 Å². The van der Waals surface area contributed by atoms with Gasteiger partial charge in [-0.2, -0.15) is 0 Å². The Morgan fingerprint density at radius 2 is 1.67 bits per heavy atom. The normalized spacial score (nSPS) is 16.5. The van der Waals surface area contributed by atoms with Crippen molar-refractivity contribution in [1.82, 2.24) is 0 Å². The van der Waals surface area contributed by atoms with E-state index in [1.54, 1.807) is 0 Å². The Balaban J connectivity index is 2.16. The fraction of sp³-hybridized carbons (Fsp3) is 0.222. The smallest absolute Gasteiger partial charge is 0.130 e. The molecular formula is C9H9NS2. The number of hydrogen-bond acceptors (Lipinski definition) is 3. The van der Waals surface area contributed by atoms with Crippen LogP contribution in [0.5, 0.6) is 0 Å². The van der Waals surface area contributed by atoms with E-state index in [9.17, 15) is 0 Å². The first kappa shape index (κ1) is 8.20. The van der Waals surface area contributed by atoms with Gasteiger partial charge in [-0.05, 0) is 12.1 Å². The fourth-order valence-electron chi connectivity index (χ4n) is 0.972. The van der Waals surface area contributed by atoms with E-state index in [0.29, 0.717) is 0 Å². The van der Waals surface area contributed by atoms with E-state index in [1.165, 1.54) is 15.9 Å². The molecular weight excluding hydrogens is 186 g/mol. The first-order valence-electron chi connectivity index (χ1n) is 3.84. The quantitative estimate of drug-likeness (QED) is 0.682. The maximum absolute atomic E-state index is 4.50. The summed E-state index contributed by atoms with van der Waals surface area (Å²) in [6, 6.07) is 10.1. The van der Waals surface area contributed by atoms with Crippen LogP contribution in [0.15, 0.2) is 35.3 Å². The second kappa shape index (κ2) is 4.01. The zero-order valence-corrected chi connectivity index (χ0v) is 8.20. The highest BCUT2D eigenvalue weighted by molar-refractivity contribution is 8.41. The summed E-state index contributed by atoms with van der Waals surface area (Å²) in [6.45, 7) is 0. The van der Waals surface area contributed by atoms with Gasteiger partial charge in [0.2, 0.25) is 0 Å². The predicted octanol–water partition coefficient (Wildman–Crippen LogP) is 3.15. The van der Waals surface area contributed by atoms with Gasteiger partial charge < -0.3 is 0 Å². The number of hydrogen-bond donors (Lipinski definition) is 0. The summed E-state index contributed by atoms with van der Waals surface area (Å²) in [5.74, 6) is 2.41. The first-order chi connectivity index (χ1) is 5.95. The topological polar surface area (TPSA) is 12.4 Å². The molecule has 3 heteroatoms. The van der Waals surface area contributed by atoms with Crippen LogP contribution in [0.2, 0.25) is 0 Å². The van der Waals surface area contributed by atoms with Crippen molar-refractivity contribution in [3.8, 4) is 0 Å². The molecule has 0 bridgehead atoms. The monoisotopic (exact) mass is 195 g/mol. The van der Waals surface area contributed by atoms with Crippen molar-refractivity contribution in [3.05, 3.63) is 30.3 Å². The van der Waals surface area contributed by atoms with Crippen molar-refractivity contribution in [1.29, 1.82) is 0 Å². The van der Waals surface area contributed by atoms with Crippen molar-refractivity contribution in [2.75, 3.05) is 11.5 Å². The highest BCUT2D eigenvalue weighted by Gasteiger charge is 2.08. The minimum atomic E-state index is 1.06. The van der Waals surface area contributed by atoms with Gasteiger partial charge in [0.15, 0.2) is 0 Å². The molecule has 0 atom stereocenters. The summed E-state index contributed by atoms with van der Waals surface area (Å²) in [4.78, 5) is 4.50. The summed E-state index contributed by atoms with van der Waals surface area (Å²) in [7, 11) is 0. The molecule has 1 nitrogen and oxygen atoms in total. The average Bonchev–Trinajstić information content (AvgIpc) is 2.59. The molecule has 1 aliphatic rings. The van der Waals surface area contributed by atoms with Crippen LogP contribution in [0.3, 0.4) is 0 Å². The highest BCUT2D eigenvalue weighted by Crippen LogP contribution is 2.28. The standard InChI is InChI=1S/C9H9NS2/c1-2-4-8(5-3-1)10-9-11-6-7-12-9/h1-5H,6-7H2. The van der Waals surface area contributed by atoms with Crippen LogP contribution in [0.1, 0.15) is 0 Å². The van der Waals surface area contributed by atoms with Gasteiger partial charge >= 0.3 is 0 Å². The number of benzene rings is 1. The number of aliphatic imine (C=N–C) groups is 1. The fourth-order valence-corrected chi connectivity index (χ4v) is 3.16. The molecule has 0 aliphatic carbocycles. The Morgan fingerprint density at radius 3 is 2.33 bits per heavy atom. The molecule has 0 radical (unpaired) electrons. The lowest BCUT2D eigenvalue weighted by Crippen LogP contribution is -1.74. The molecule has 1 aliphatic heterocycles. The number of thioether (sulfide) groups is 2. The van der Waals surface area contributed by atoms with E-state index in [-0.39, 0.29) is 0 Å². The zero-order valence-electron chi connectivity index (χ0n) is 6.56. The third-order valence-electron chi connectivity index (χ3n) is 1.51. The molecule has 0 amide bonds. The summed E-state index contributed by atoms with van der Waals surface area (Å²) in [5.41, 5.74) is 1.06. The Hall–Kier alpha value is -0.410. The maximum Gasteiger partial charge on any atom is 0.130 e. The third-order valence-corrected chi connectivity index (χ3v) is 3.97. The van der Waals surface area contributed by atoms with Gasteiger partial charge in [-0.1, -0.05) is 41.7 Å². The van der Waals surface area contributed by atoms with Crippen LogP contribution in [0.4, 0.5) is 5.69 Å².